The molecule has 0 radical (unpaired) electrons. The molecule has 1 heterocycles. The first kappa shape index (κ1) is 15.2. The Kier molecular flexibility index (Phi) is 3.81. The Morgan fingerprint density at radius 3 is 2.65 bits per heavy atom. The van der Waals surface area contributed by atoms with E-state index in [-0.39, 0.29) is 16.3 Å². The predicted molar refractivity (Wildman–Crippen MR) is 69.6 cm³/mol. The third-order valence-corrected chi connectivity index (χ3v) is 3.50. The van der Waals surface area contributed by atoms with Crippen LogP contribution >= 0.6 is 15.9 Å². The van der Waals surface area contributed by atoms with Crippen molar-refractivity contribution < 1.29 is 23.1 Å². The summed E-state index contributed by atoms with van der Waals surface area (Å²) in [5, 5.41) is 12.4. The number of hydrogen-bond acceptors (Lipinski definition) is 4. The van der Waals surface area contributed by atoms with Crippen LogP contribution in [0.3, 0.4) is 0 Å². The molecular formula is C12H12BrF3N2O2. The maximum absolute atomic E-state index is 12.5. The number of aliphatic hydroxyl groups is 1. The number of aromatic nitrogens is 1. The lowest BCUT2D eigenvalue weighted by Crippen LogP contribution is -2.48. The Hall–Kier alpha value is -1.15. The zero-order chi connectivity index (χ0) is 15.1. The molecule has 1 saturated carbocycles. The fraction of sp³-hybridized carbons (Fsp3) is 0.500. The molecule has 8 heteroatoms. The summed E-state index contributed by atoms with van der Waals surface area (Å²) in [6.07, 6.45) is -2.86. The molecule has 0 aromatic carbocycles. The van der Waals surface area contributed by atoms with Gasteiger partial charge in [0, 0.05) is 16.7 Å². The highest BCUT2D eigenvalue weighted by atomic mass is 79.9. The maximum Gasteiger partial charge on any atom is 0.455 e. The van der Waals surface area contributed by atoms with E-state index in [0.29, 0.717) is 12.8 Å². The minimum Gasteiger partial charge on any atom is -0.390 e. The van der Waals surface area contributed by atoms with Gasteiger partial charge in [-0.05, 0) is 41.8 Å². The van der Waals surface area contributed by atoms with Gasteiger partial charge in [0.2, 0.25) is 0 Å². The number of nitrogens with zero attached hydrogens (tertiary/aromatic N) is 1. The molecule has 1 aliphatic rings. The van der Waals surface area contributed by atoms with Gasteiger partial charge < -0.3 is 10.4 Å². The number of carbonyl (C=O) groups excluding carboxylic acids is 1. The normalized spacial score (nSPS) is 26.0. The second-order valence-electron chi connectivity index (χ2n) is 5.12. The van der Waals surface area contributed by atoms with Crippen molar-refractivity contribution >= 4 is 27.5 Å². The van der Waals surface area contributed by atoms with E-state index in [9.17, 15) is 23.1 Å². The van der Waals surface area contributed by atoms with Crippen LogP contribution in [0.25, 0.3) is 0 Å². The van der Waals surface area contributed by atoms with Crippen LogP contribution in [0.5, 0.6) is 0 Å². The molecule has 0 amide bonds. The summed E-state index contributed by atoms with van der Waals surface area (Å²) >= 11 is 3.00. The Balaban J connectivity index is 2.23. The van der Waals surface area contributed by atoms with Gasteiger partial charge in [-0.25, -0.2) is 4.98 Å². The van der Waals surface area contributed by atoms with Crippen LogP contribution in [-0.4, -0.2) is 33.7 Å². The van der Waals surface area contributed by atoms with Gasteiger partial charge in [0.1, 0.15) is 5.82 Å². The van der Waals surface area contributed by atoms with Gasteiger partial charge in [-0.1, -0.05) is 0 Å². The monoisotopic (exact) mass is 352 g/mol. The lowest BCUT2D eigenvalue weighted by atomic mass is 9.77. The van der Waals surface area contributed by atoms with E-state index >= 15 is 0 Å². The third kappa shape index (κ3) is 3.29. The van der Waals surface area contributed by atoms with Gasteiger partial charge in [-0.15, -0.1) is 0 Å². The summed E-state index contributed by atoms with van der Waals surface area (Å²) in [6.45, 7) is 1.64. The lowest BCUT2D eigenvalue weighted by molar-refractivity contribution is -0.0885. The number of alkyl halides is 3. The van der Waals surface area contributed by atoms with Crippen LogP contribution in [-0.2, 0) is 0 Å². The van der Waals surface area contributed by atoms with Crippen molar-refractivity contribution in [2.45, 2.75) is 37.6 Å². The van der Waals surface area contributed by atoms with E-state index in [1.54, 1.807) is 6.92 Å². The molecule has 1 fully saturated rings. The van der Waals surface area contributed by atoms with Gasteiger partial charge in [0.25, 0.3) is 5.78 Å². The highest BCUT2D eigenvalue weighted by Crippen LogP contribution is 2.35. The number of pyridine rings is 1. The van der Waals surface area contributed by atoms with E-state index in [1.807, 2.05) is 0 Å². The Labute approximate surface area is 121 Å². The zero-order valence-electron chi connectivity index (χ0n) is 10.5. The van der Waals surface area contributed by atoms with E-state index in [4.69, 9.17) is 0 Å². The van der Waals surface area contributed by atoms with Crippen LogP contribution in [0, 0.1) is 0 Å². The molecule has 2 N–H and O–H groups in total. The first-order chi connectivity index (χ1) is 9.08. The van der Waals surface area contributed by atoms with Gasteiger partial charge in [-0.2, -0.15) is 13.2 Å². The molecular weight excluding hydrogens is 341 g/mol. The minimum atomic E-state index is -4.95. The van der Waals surface area contributed by atoms with E-state index in [0.717, 1.165) is 6.07 Å². The molecule has 1 aliphatic carbocycles. The Morgan fingerprint density at radius 1 is 1.55 bits per heavy atom. The zero-order valence-corrected chi connectivity index (χ0v) is 12.0. The van der Waals surface area contributed by atoms with Crippen molar-refractivity contribution in [1.29, 1.82) is 0 Å². The summed E-state index contributed by atoms with van der Waals surface area (Å²) in [7, 11) is 0. The van der Waals surface area contributed by atoms with Gasteiger partial charge in [-0.3, -0.25) is 4.79 Å². The molecule has 0 bridgehead atoms. The molecule has 1 aromatic rings. The van der Waals surface area contributed by atoms with Crippen LogP contribution in [0.15, 0.2) is 16.7 Å². The smallest absolute Gasteiger partial charge is 0.390 e. The standard InChI is InChI=1S/C12H12BrF3N2O2/c1-11(20)3-7(4-11)18-10-8(2-6(13)5-17-10)9(19)12(14,15)16/h2,5,7,20H,3-4H2,1H3,(H,17,18). The van der Waals surface area contributed by atoms with Gasteiger partial charge in [0.15, 0.2) is 0 Å². The van der Waals surface area contributed by atoms with E-state index in [1.165, 1.54) is 6.20 Å². The van der Waals surface area contributed by atoms with E-state index < -0.39 is 23.1 Å². The number of ketones is 1. The molecule has 0 aliphatic heterocycles. The number of anilines is 1. The summed E-state index contributed by atoms with van der Waals surface area (Å²) in [4.78, 5) is 15.2. The van der Waals surface area contributed by atoms with Gasteiger partial charge >= 0.3 is 6.18 Å². The first-order valence-electron chi connectivity index (χ1n) is 5.84. The third-order valence-electron chi connectivity index (χ3n) is 3.07. The Bertz CT molecular complexity index is 538. The van der Waals surface area contributed by atoms with Crippen LogP contribution in [0.2, 0.25) is 0 Å². The molecule has 110 valence electrons. The Morgan fingerprint density at radius 2 is 2.15 bits per heavy atom. The van der Waals surface area contributed by atoms with Gasteiger partial charge in [0.05, 0.1) is 11.2 Å². The second kappa shape index (κ2) is 5.00. The van der Waals surface area contributed by atoms with Crippen molar-refractivity contribution in [3.63, 3.8) is 0 Å². The summed E-state index contributed by atoms with van der Waals surface area (Å²) in [5.41, 5.74) is -1.35. The van der Waals surface area contributed by atoms with Crippen molar-refractivity contribution in [1.82, 2.24) is 4.98 Å². The number of nitrogens with one attached hydrogen (secondary N) is 1. The van der Waals surface area contributed by atoms with Crippen molar-refractivity contribution in [3.8, 4) is 0 Å². The van der Waals surface area contributed by atoms with Crippen LogP contribution in [0.1, 0.15) is 30.1 Å². The maximum atomic E-state index is 12.5. The first-order valence-corrected chi connectivity index (χ1v) is 6.64. The van der Waals surface area contributed by atoms with E-state index in [2.05, 4.69) is 26.2 Å². The van der Waals surface area contributed by atoms with Crippen LogP contribution in [0.4, 0.5) is 19.0 Å². The summed E-state index contributed by atoms with van der Waals surface area (Å²) in [5.74, 6) is -2.06. The summed E-state index contributed by atoms with van der Waals surface area (Å²) < 4.78 is 37.9. The molecule has 0 atom stereocenters. The molecule has 2 rings (SSSR count). The predicted octanol–water partition coefficient (Wildman–Crippen LogP) is 2.91. The van der Waals surface area contributed by atoms with Crippen molar-refractivity contribution in [2.75, 3.05) is 5.32 Å². The van der Waals surface area contributed by atoms with Crippen molar-refractivity contribution in [3.05, 3.63) is 22.3 Å². The SMILES string of the molecule is CC1(O)CC(Nc2ncc(Br)cc2C(=O)C(F)(F)F)C1. The molecule has 20 heavy (non-hydrogen) atoms. The minimum absolute atomic E-state index is 0.115. The number of hydrogen-bond donors (Lipinski definition) is 2. The molecule has 4 nitrogen and oxygen atoms in total. The number of carbonyl (C=O) groups is 1. The quantitative estimate of drug-likeness (QED) is 0.821. The number of halogens is 4. The highest BCUT2D eigenvalue weighted by Gasteiger charge is 2.43. The lowest BCUT2D eigenvalue weighted by Gasteiger charge is -2.41. The fourth-order valence-corrected chi connectivity index (χ4v) is 2.51. The van der Waals surface area contributed by atoms with Crippen LogP contribution < -0.4 is 5.32 Å². The average Bonchev–Trinajstić information content (AvgIpc) is 2.26. The largest absolute Gasteiger partial charge is 0.455 e. The molecule has 0 saturated heterocycles. The summed E-state index contributed by atoms with van der Waals surface area (Å²) in [6, 6.07) is 0.889. The average molecular weight is 353 g/mol. The number of Topliss-reactive ketones (excluding diaryl/α,β-unsaturated/α-hetero) is 1. The fourth-order valence-electron chi connectivity index (χ4n) is 2.18. The topological polar surface area (TPSA) is 62.2 Å². The van der Waals surface area contributed by atoms with Crippen molar-refractivity contribution in [2.24, 2.45) is 0 Å². The highest BCUT2D eigenvalue weighted by molar-refractivity contribution is 9.10. The molecule has 0 unspecified atom stereocenters. The molecule has 0 spiro atoms. The number of rotatable bonds is 3. The second-order valence-corrected chi connectivity index (χ2v) is 6.04. The molecule has 1 aromatic heterocycles.